The standard InChI is InChI=1S/C11H10BrNO2/c1-6-5-8(12)9(11(14)15-2)7-3-4-13-10(6)7/h3-5,13H,1-2H3. The highest BCUT2D eigenvalue weighted by Gasteiger charge is 2.16. The molecule has 3 nitrogen and oxygen atoms in total. The lowest BCUT2D eigenvalue weighted by molar-refractivity contribution is 0.0602. The zero-order chi connectivity index (χ0) is 11.0. The third-order valence-corrected chi connectivity index (χ3v) is 3.01. The Bertz CT molecular complexity index is 531. The van der Waals surface area contributed by atoms with Crippen LogP contribution in [-0.2, 0) is 4.74 Å². The maximum Gasteiger partial charge on any atom is 0.339 e. The summed E-state index contributed by atoms with van der Waals surface area (Å²) in [5.74, 6) is -0.327. The third-order valence-electron chi connectivity index (χ3n) is 2.38. The summed E-state index contributed by atoms with van der Waals surface area (Å²) < 4.78 is 5.51. The summed E-state index contributed by atoms with van der Waals surface area (Å²) in [6.07, 6.45) is 1.82. The van der Waals surface area contributed by atoms with Gasteiger partial charge in [-0.3, -0.25) is 0 Å². The molecule has 0 aliphatic rings. The Morgan fingerprint density at radius 1 is 1.53 bits per heavy atom. The largest absolute Gasteiger partial charge is 0.465 e. The third kappa shape index (κ3) is 1.55. The van der Waals surface area contributed by atoms with Crippen molar-refractivity contribution in [1.82, 2.24) is 4.98 Å². The molecule has 0 radical (unpaired) electrons. The van der Waals surface area contributed by atoms with E-state index >= 15 is 0 Å². The van der Waals surface area contributed by atoms with Crippen LogP contribution in [0.25, 0.3) is 10.9 Å². The fourth-order valence-corrected chi connectivity index (χ4v) is 2.40. The van der Waals surface area contributed by atoms with E-state index in [1.165, 1.54) is 7.11 Å². The van der Waals surface area contributed by atoms with E-state index in [0.29, 0.717) is 5.56 Å². The zero-order valence-electron chi connectivity index (χ0n) is 8.43. The number of H-pyrrole nitrogens is 1. The van der Waals surface area contributed by atoms with Crippen LogP contribution in [0.2, 0.25) is 0 Å². The van der Waals surface area contributed by atoms with Gasteiger partial charge in [0.15, 0.2) is 0 Å². The van der Waals surface area contributed by atoms with Crippen LogP contribution in [0.5, 0.6) is 0 Å². The Morgan fingerprint density at radius 2 is 2.27 bits per heavy atom. The highest BCUT2D eigenvalue weighted by Crippen LogP contribution is 2.29. The zero-order valence-corrected chi connectivity index (χ0v) is 10.0. The Kier molecular flexibility index (Phi) is 2.52. The van der Waals surface area contributed by atoms with Crippen molar-refractivity contribution >= 4 is 32.8 Å². The van der Waals surface area contributed by atoms with Gasteiger partial charge in [0.25, 0.3) is 0 Å². The lowest BCUT2D eigenvalue weighted by atomic mass is 10.1. The summed E-state index contributed by atoms with van der Waals surface area (Å²) in [6, 6.07) is 3.78. The normalized spacial score (nSPS) is 10.6. The van der Waals surface area contributed by atoms with E-state index in [9.17, 15) is 4.79 Å². The van der Waals surface area contributed by atoms with Crippen LogP contribution in [0.3, 0.4) is 0 Å². The van der Waals surface area contributed by atoms with Crippen molar-refractivity contribution in [3.05, 3.63) is 33.9 Å². The topological polar surface area (TPSA) is 42.1 Å². The number of carbonyl (C=O) groups excluding carboxylic acids is 1. The van der Waals surface area contributed by atoms with Crippen LogP contribution >= 0.6 is 15.9 Å². The second-order valence-corrected chi connectivity index (χ2v) is 4.16. The van der Waals surface area contributed by atoms with Crippen molar-refractivity contribution < 1.29 is 9.53 Å². The van der Waals surface area contributed by atoms with Crippen molar-refractivity contribution in [2.24, 2.45) is 0 Å². The van der Waals surface area contributed by atoms with Gasteiger partial charge < -0.3 is 9.72 Å². The minimum Gasteiger partial charge on any atom is -0.465 e. The summed E-state index contributed by atoms with van der Waals surface area (Å²) in [7, 11) is 1.38. The fraction of sp³-hybridized carbons (Fsp3) is 0.182. The van der Waals surface area contributed by atoms with Gasteiger partial charge >= 0.3 is 5.97 Å². The van der Waals surface area contributed by atoms with E-state index < -0.39 is 0 Å². The molecule has 0 amide bonds. The van der Waals surface area contributed by atoms with Gasteiger partial charge in [0.1, 0.15) is 0 Å². The van der Waals surface area contributed by atoms with Crippen LogP contribution in [0.4, 0.5) is 0 Å². The quantitative estimate of drug-likeness (QED) is 0.808. The first kappa shape index (κ1) is 10.2. The molecule has 4 heteroatoms. The van der Waals surface area contributed by atoms with Crippen LogP contribution < -0.4 is 0 Å². The molecule has 0 aliphatic heterocycles. The molecular weight excluding hydrogens is 258 g/mol. The number of hydrogen-bond acceptors (Lipinski definition) is 2. The molecule has 2 aromatic rings. The average Bonchev–Trinajstić information content (AvgIpc) is 2.66. The summed E-state index contributed by atoms with van der Waals surface area (Å²) >= 11 is 3.38. The summed E-state index contributed by atoms with van der Waals surface area (Å²) in [5.41, 5.74) is 2.63. The van der Waals surface area contributed by atoms with Gasteiger partial charge in [0, 0.05) is 21.6 Å². The lowest BCUT2D eigenvalue weighted by Crippen LogP contribution is -2.03. The number of methoxy groups -OCH3 is 1. The number of halogens is 1. The summed E-state index contributed by atoms with van der Waals surface area (Å²) in [5, 5.41) is 0.883. The van der Waals surface area contributed by atoms with Gasteiger partial charge in [0.05, 0.1) is 12.7 Å². The van der Waals surface area contributed by atoms with Crippen molar-refractivity contribution in [2.45, 2.75) is 6.92 Å². The number of aryl methyl sites for hydroxylation is 1. The number of aromatic nitrogens is 1. The molecule has 0 unspecified atom stereocenters. The molecule has 0 fully saturated rings. The van der Waals surface area contributed by atoms with Gasteiger partial charge in [-0.15, -0.1) is 0 Å². The van der Waals surface area contributed by atoms with E-state index in [1.54, 1.807) is 0 Å². The number of ether oxygens (including phenoxy) is 1. The molecule has 1 aromatic heterocycles. The monoisotopic (exact) mass is 267 g/mol. The number of rotatable bonds is 1. The van der Waals surface area contributed by atoms with E-state index in [0.717, 1.165) is 20.9 Å². The van der Waals surface area contributed by atoms with Crippen LogP contribution in [0.1, 0.15) is 15.9 Å². The molecule has 1 aromatic carbocycles. The molecule has 0 aliphatic carbocycles. The highest BCUT2D eigenvalue weighted by molar-refractivity contribution is 9.10. The number of esters is 1. The summed E-state index contributed by atoms with van der Waals surface area (Å²) in [4.78, 5) is 14.7. The molecule has 0 saturated carbocycles. The van der Waals surface area contributed by atoms with Gasteiger partial charge in [-0.2, -0.15) is 0 Å². The number of aromatic amines is 1. The molecule has 78 valence electrons. The van der Waals surface area contributed by atoms with Crippen molar-refractivity contribution in [1.29, 1.82) is 0 Å². The Balaban J connectivity index is 2.82. The fourth-order valence-electron chi connectivity index (χ4n) is 1.68. The molecular formula is C11H10BrNO2. The molecule has 0 bridgehead atoms. The van der Waals surface area contributed by atoms with E-state index in [-0.39, 0.29) is 5.97 Å². The molecule has 1 heterocycles. The number of nitrogens with one attached hydrogen (secondary N) is 1. The lowest BCUT2D eigenvalue weighted by Gasteiger charge is -2.06. The molecule has 15 heavy (non-hydrogen) atoms. The van der Waals surface area contributed by atoms with Crippen molar-refractivity contribution in [2.75, 3.05) is 7.11 Å². The van der Waals surface area contributed by atoms with Crippen LogP contribution in [0, 0.1) is 6.92 Å². The SMILES string of the molecule is COC(=O)c1c(Br)cc(C)c2[nH]ccc12. The highest BCUT2D eigenvalue weighted by atomic mass is 79.9. The van der Waals surface area contributed by atoms with Gasteiger partial charge in [-0.25, -0.2) is 4.79 Å². The Hall–Kier alpha value is -1.29. The smallest absolute Gasteiger partial charge is 0.339 e. The predicted molar refractivity (Wildman–Crippen MR) is 62.1 cm³/mol. The predicted octanol–water partition coefficient (Wildman–Crippen LogP) is 3.03. The average molecular weight is 268 g/mol. The Labute approximate surface area is 95.6 Å². The molecule has 2 rings (SSSR count). The second-order valence-electron chi connectivity index (χ2n) is 3.31. The number of fused-ring (bicyclic) bond motifs is 1. The number of carbonyl (C=O) groups is 1. The van der Waals surface area contributed by atoms with Gasteiger partial charge in [-0.1, -0.05) is 0 Å². The first-order valence-electron chi connectivity index (χ1n) is 4.49. The number of hydrogen-bond donors (Lipinski definition) is 1. The van der Waals surface area contributed by atoms with Gasteiger partial charge in [0.2, 0.25) is 0 Å². The minimum absolute atomic E-state index is 0.327. The van der Waals surface area contributed by atoms with Crippen LogP contribution in [0.15, 0.2) is 22.8 Å². The van der Waals surface area contributed by atoms with E-state index in [1.807, 2.05) is 25.3 Å². The van der Waals surface area contributed by atoms with Crippen LogP contribution in [-0.4, -0.2) is 18.1 Å². The Morgan fingerprint density at radius 3 is 2.93 bits per heavy atom. The molecule has 0 atom stereocenters. The molecule has 0 spiro atoms. The van der Waals surface area contributed by atoms with Crippen molar-refractivity contribution in [3.63, 3.8) is 0 Å². The minimum atomic E-state index is -0.327. The van der Waals surface area contributed by atoms with E-state index in [2.05, 4.69) is 20.9 Å². The first-order valence-corrected chi connectivity index (χ1v) is 5.29. The second kappa shape index (κ2) is 3.70. The maximum absolute atomic E-state index is 11.6. The van der Waals surface area contributed by atoms with Gasteiger partial charge in [-0.05, 0) is 40.5 Å². The molecule has 0 saturated heterocycles. The number of benzene rings is 1. The molecule has 1 N–H and O–H groups in total. The maximum atomic E-state index is 11.6. The first-order chi connectivity index (χ1) is 7.15. The van der Waals surface area contributed by atoms with E-state index in [4.69, 9.17) is 4.74 Å². The summed E-state index contributed by atoms with van der Waals surface area (Å²) in [6.45, 7) is 1.99. The van der Waals surface area contributed by atoms with Crippen molar-refractivity contribution in [3.8, 4) is 0 Å².